The number of carbonyl (C=O) groups excluding carboxylic acids is 4. The van der Waals surface area contributed by atoms with Crippen LogP contribution in [0.1, 0.15) is 12.6 Å². The van der Waals surface area contributed by atoms with Gasteiger partial charge < -0.3 is 25.3 Å². The molecule has 3 amide bonds. The fourth-order valence-corrected chi connectivity index (χ4v) is 5.19. The molecule has 182 valence electrons. The summed E-state index contributed by atoms with van der Waals surface area (Å²) >= 11 is 7.69. The number of thiazole rings is 1. The first-order chi connectivity index (χ1) is 16.2. The number of thioether (sulfide) groups is 1. The topological polar surface area (TPSA) is 177 Å². The lowest BCUT2D eigenvalue weighted by atomic mass is 10.0. The van der Waals surface area contributed by atoms with E-state index in [4.69, 9.17) is 21.2 Å². The van der Waals surface area contributed by atoms with Crippen LogP contribution in [0.3, 0.4) is 0 Å². The number of halogens is 1. The molecule has 0 spiro atoms. The SMILES string of the molecule is CON=C(C(=O)N[C@H]1C(=O)N2C(C(=O)O)=C(COC(C)=O)CS[C@H]12)c1csc(NC(=O)CCl)n1. The fourth-order valence-electron chi connectivity index (χ4n) is 3.08. The molecule has 0 radical (unpaired) electrons. The van der Waals surface area contributed by atoms with Gasteiger partial charge in [0.05, 0.1) is 0 Å². The molecule has 13 nitrogen and oxygen atoms in total. The smallest absolute Gasteiger partial charge is 0.352 e. The van der Waals surface area contributed by atoms with Crippen LogP contribution in [0.25, 0.3) is 0 Å². The first kappa shape index (κ1) is 25.5. The summed E-state index contributed by atoms with van der Waals surface area (Å²) in [5.41, 5.74) is -0.158. The predicted molar refractivity (Wildman–Crippen MR) is 121 cm³/mol. The second-order valence-corrected chi connectivity index (χ2v) is 8.97. The van der Waals surface area contributed by atoms with Gasteiger partial charge in [-0.15, -0.1) is 34.7 Å². The number of β-lactam (4-membered cyclic amide) rings is 1. The van der Waals surface area contributed by atoms with E-state index in [2.05, 4.69) is 20.8 Å². The summed E-state index contributed by atoms with van der Waals surface area (Å²) in [7, 11) is 1.22. The van der Waals surface area contributed by atoms with Gasteiger partial charge >= 0.3 is 11.9 Å². The van der Waals surface area contributed by atoms with Crippen molar-refractivity contribution in [3.8, 4) is 0 Å². The van der Waals surface area contributed by atoms with Crippen LogP contribution in [0, 0.1) is 0 Å². The highest BCUT2D eigenvalue weighted by Gasteiger charge is 2.54. The Morgan fingerprint density at radius 1 is 1.38 bits per heavy atom. The highest BCUT2D eigenvalue weighted by Crippen LogP contribution is 2.40. The average Bonchev–Trinajstić information content (AvgIpc) is 3.26. The Labute approximate surface area is 205 Å². The van der Waals surface area contributed by atoms with Gasteiger partial charge in [-0.2, -0.15) is 0 Å². The Bertz CT molecular complexity index is 1100. The number of carboxylic acid groups (broad SMARTS) is 1. The van der Waals surface area contributed by atoms with Crippen molar-refractivity contribution in [3.05, 3.63) is 22.3 Å². The Hall–Kier alpha value is -3.17. The van der Waals surface area contributed by atoms with E-state index in [-0.39, 0.29) is 46.0 Å². The number of amides is 3. The van der Waals surface area contributed by atoms with Crippen molar-refractivity contribution in [3.63, 3.8) is 0 Å². The zero-order valence-corrected chi connectivity index (χ0v) is 20.1. The van der Waals surface area contributed by atoms with Crippen molar-refractivity contribution in [1.82, 2.24) is 15.2 Å². The molecular formula is C18H18ClN5O8S2. The largest absolute Gasteiger partial charge is 0.477 e. The summed E-state index contributed by atoms with van der Waals surface area (Å²) in [5.74, 6) is -3.93. The normalized spacial score (nSPS) is 19.7. The number of carboxylic acids is 1. The molecule has 16 heteroatoms. The maximum absolute atomic E-state index is 12.9. The van der Waals surface area contributed by atoms with Crippen molar-refractivity contribution in [2.75, 3.05) is 30.7 Å². The van der Waals surface area contributed by atoms with Gasteiger partial charge in [0.2, 0.25) is 5.91 Å². The lowest BCUT2D eigenvalue weighted by Gasteiger charge is -2.49. The third-order valence-corrected chi connectivity index (χ3v) is 6.84. The van der Waals surface area contributed by atoms with Gasteiger partial charge in [0.15, 0.2) is 10.8 Å². The Morgan fingerprint density at radius 3 is 2.74 bits per heavy atom. The van der Waals surface area contributed by atoms with E-state index in [9.17, 15) is 29.1 Å². The van der Waals surface area contributed by atoms with Crippen LogP contribution in [0.15, 0.2) is 21.8 Å². The van der Waals surface area contributed by atoms with E-state index in [0.29, 0.717) is 0 Å². The highest BCUT2D eigenvalue weighted by molar-refractivity contribution is 8.00. The molecule has 0 bridgehead atoms. The third kappa shape index (κ3) is 5.31. The predicted octanol–water partition coefficient (Wildman–Crippen LogP) is -0.0274. The number of alkyl halides is 1. The summed E-state index contributed by atoms with van der Waals surface area (Å²) in [6, 6.07) is -1.03. The van der Waals surface area contributed by atoms with E-state index < -0.39 is 41.1 Å². The van der Waals surface area contributed by atoms with Crippen LogP contribution >= 0.6 is 34.7 Å². The van der Waals surface area contributed by atoms with Gasteiger partial charge in [0.25, 0.3) is 11.8 Å². The number of hydrogen-bond donors (Lipinski definition) is 3. The molecule has 0 saturated carbocycles. The van der Waals surface area contributed by atoms with Crippen LogP contribution in [0.4, 0.5) is 5.13 Å². The number of aromatic nitrogens is 1. The number of anilines is 1. The van der Waals surface area contributed by atoms with Gasteiger partial charge in [-0.05, 0) is 0 Å². The van der Waals surface area contributed by atoms with Crippen molar-refractivity contribution >= 4 is 75.2 Å². The number of esters is 1. The van der Waals surface area contributed by atoms with Crippen molar-refractivity contribution < 1.29 is 38.7 Å². The molecule has 2 atom stereocenters. The maximum atomic E-state index is 12.9. The van der Waals surface area contributed by atoms with Crippen LogP contribution in [-0.4, -0.2) is 87.1 Å². The molecule has 3 heterocycles. The van der Waals surface area contributed by atoms with Crippen LogP contribution in [0.2, 0.25) is 0 Å². The van der Waals surface area contributed by atoms with E-state index in [1.54, 1.807) is 0 Å². The number of nitrogens with one attached hydrogen (secondary N) is 2. The number of carbonyl (C=O) groups is 5. The van der Waals surface area contributed by atoms with Crippen molar-refractivity contribution in [2.45, 2.75) is 18.3 Å². The van der Waals surface area contributed by atoms with E-state index in [0.717, 1.165) is 16.2 Å². The molecule has 0 unspecified atom stereocenters. The van der Waals surface area contributed by atoms with E-state index >= 15 is 0 Å². The minimum absolute atomic E-state index is 0.0870. The van der Waals surface area contributed by atoms with Crippen molar-refractivity contribution in [2.24, 2.45) is 5.16 Å². The molecule has 1 aromatic heterocycles. The lowest BCUT2D eigenvalue weighted by molar-refractivity contribution is -0.150. The molecule has 1 saturated heterocycles. The molecule has 0 aliphatic carbocycles. The standard InChI is InChI=1S/C18H18ClN5O8S2/c1-7(25)32-4-8-5-33-16-12(15(28)24(16)13(8)17(29)30)22-14(27)11(23-31-2)9-6-34-18(20-9)21-10(26)3-19/h6,12,16H,3-5H2,1-2H3,(H,22,27)(H,29,30)(H,20,21,26)/t12-,16+/m0/s1. The zero-order chi connectivity index (χ0) is 25.0. The summed E-state index contributed by atoms with van der Waals surface area (Å²) in [6.07, 6.45) is 0. The van der Waals surface area contributed by atoms with Crippen LogP contribution in [-0.2, 0) is 33.5 Å². The van der Waals surface area contributed by atoms with Gasteiger partial charge in [-0.3, -0.25) is 24.1 Å². The fraction of sp³-hybridized carbons (Fsp3) is 0.389. The molecule has 2 aliphatic rings. The highest BCUT2D eigenvalue weighted by atomic mass is 35.5. The zero-order valence-electron chi connectivity index (χ0n) is 17.7. The lowest BCUT2D eigenvalue weighted by Crippen LogP contribution is -2.71. The molecule has 0 aromatic carbocycles. The van der Waals surface area contributed by atoms with Gasteiger partial charge in [-0.25, -0.2) is 9.78 Å². The number of oxime groups is 1. The van der Waals surface area contributed by atoms with Crippen LogP contribution < -0.4 is 10.6 Å². The first-order valence-corrected chi connectivity index (χ1v) is 11.9. The molecule has 1 aromatic rings. The Morgan fingerprint density at radius 2 is 2.12 bits per heavy atom. The summed E-state index contributed by atoms with van der Waals surface area (Å²) < 4.78 is 4.89. The number of hydrogen-bond acceptors (Lipinski definition) is 11. The summed E-state index contributed by atoms with van der Waals surface area (Å²) in [4.78, 5) is 69.8. The van der Waals surface area contributed by atoms with Gasteiger partial charge in [0, 0.05) is 23.6 Å². The quantitative estimate of drug-likeness (QED) is 0.129. The second-order valence-electron chi connectivity index (χ2n) is 6.74. The average molecular weight is 532 g/mol. The Kier molecular flexibility index (Phi) is 8.11. The van der Waals surface area contributed by atoms with Gasteiger partial charge in [-0.1, -0.05) is 5.16 Å². The molecular weight excluding hydrogens is 514 g/mol. The first-order valence-electron chi connectivity index (χ1n) is 9.45. The molecule has 2 aliphatic heterocycles. The number of fused-ring (bicyclic) bond motifs is 1. The van der Waals surface area contributed by atoms with E-state index in [1.807, 2.05) is 0 Å². The molecule has 1 fully saturated rings. The van der Waals surface area contributed by atoms with E-state index in [1.165, 1.54) is 31.2 Å². The molecule has 3 rings (SSSR count). The number of rotatable bonds is 9. The number of aliphatic carboxylic acids is 1. The second kappa shape index (κ2) is 10.8. The van der Waals surface area contributed by atoms with Crippen molar-refractivity contribution in [1.29, 1.82) is 0 Å². The Balaban J connectivity index is 1.75. The van der Waals surface area contributed by atoms with Gasteiger partial charge in [0.1, 0.15) is 42.4 Å². The van der Waals surface area contributed by atoms with Crippen LogP contribution in [0.5, 0.6) is 0 Å². The summed E-state index contributed by atoms with van der Waals surface area (Å²) in [5, 5.41) is 19.2. The monoisotopic (exact) mass is 531 g/mol. The number of nitrogens with zero attached hydrogens (tertiary/aromatic N) is 3. The minimum Gasteiger partial charge on any atom is -0.477 e. The molecule has 34 heavy (non-hydrogen) atoms. The third-order valence-electron chi connectivity index (χ3n) is 4.50. The number of ether oxygens (including phenoxy) is 1. The minimum atomic E-state index is -1.35. The summed E-state index contributed by atoms with van der Waals surface area (Å²) in [6.45, 7) is 0.935. The maximum Gasteiger partial charge on any atom is 0.352 e. The molecule has 3 N–H and O–H groups in total.